The lowest BCUT2D eigenvalue weighted by atomic mass is 10.2. The summed E-state index contributed by atoms with van der Waals surface area (Å²) in [5.74, 6) is -0.352. The van der Waals surface area contributed by atoms with E-state index in [0.29, 0.717) is 30.2 Å². The number of carbonyl (C=O) groups excluding carboxylic acids is 1. The smallest absolute Gasteiger partial charge is 0.266 e. The fourth-order valence-electron chi connectivity index (χ4n) is 2.33. The largest absolute Gasteiger partial charge is 0.491 e. The number of halogens is 1. The van der Waals surface area contributed by atoms with Crippen molar-refractivity contribution in [3.63, 3.8) is 0 Å². The molecule has 2 aromatic carbocycles. The van der Waals surface area contributed by atoms with E-state index in [1.165, 1.54) is 0 Å². The molecule has 156 valence electrons. The van der Waals surface area contributed by atoms with Gasteiger partial charge in [0.2, 0.25) is 5.95 Å². The van der Waals surface area contributed by atoms with Crippen LogP contribution < -0.4 is 26.4 Å². The van der Waals surface area contributed by atoms with Gasteiger partial charge in [-0.15, -0.1) is 5.53 Å². The molecule has 0 aliphatic carbocycles. The van der Waals surface area contributed by atoms with Crippen LogP contribution in [0.5, 0.6) is 5.75 Å². The Kier molecular flexibility index (Phi) is 7.47. The molecule has 4 N–H and O–H groups in total. The van der Waals surface area contributed by atoms with Crippen molar-refractivity contribution in [1.82, 2.24) is 20.9 Å². The fourth-order valence-corrected chi connectivity index (χ4v) is 2.33. The third-order valence-corrected chi connectivity index (χ3v) is 3.80. The lowest BCUT2D eigenvalue weighted by molar-refractivity contribution is 0.0937. The molecule has 0 bridgehead atoms. The van der Waals surface area contributed by atoms with E-state index in [1.807, 2.05) is 0 Å². The minimum Gasteiger partial charge on any atom is -0.491 e. The van der Waals surface area contributed by atoms with Gasteiger partial charge in [0.25, 0.3) is 5.91 Å². The SMILES string of the molecule is COCCOc1ccc(Nc2ncc(F)c(NNNC(=O)c3ccccc3)n2)cc1. The van der Waals surface area contributed by atoms with E-state index in [0.717, 1.165) is 6.20 Å². The second-order valence-corrected chi connectivity index (χ2v) is 5.95. The molecule has 1 amide bonds. The van der Waals surface area contributed by atoms with Gasteiger partial charge >= 0.3 is 0 Å². The Labute approximate surface area is 172 Å². The van der Waals surface area contributed by atoms with Crippen LogP contribution >= 0.6 is 0 Å². The summed E-state index contributed by atoms with van der Waals surface area (Å²) in [6.07, 6.45) is 1.01. The molecule has 3 rings (SSSR count). The van der Waals surface area contributed by atoms with Crippen molar-refractivity contribution in [3.8, 4) is 5.75 Å². The Morgan fingerprint density at radius 3 is 2.57 bits per heavy atom. The van der Waals surface area contributed by atoms with Crippen LogP contribution in [0.2, 0.25) is 0 Å². The van der Waals surface area contributed by atoms with E-state index in [-0.39, 0.29) is 17.7 Å². The highest BCUT2D eigenvalue weighted by Gasteiger charge is 2.08. The molecule has 0 aliphatic heterocycles. The number of amides is 1. The van der Waals surface area contributed by atoms with Crippen LogP contribution in [0.3, 0.4) is 0 Å². The zero-order valence-corrected chi connectivity index (χ0v) is 16.2. The van der Waals surface area contributed by atoms with Crippen LogP contribution in [0.4, 0.5) is 21.8 Å². The number of nitrogens with one attached hydrogen (secondary N) is 4. The van der Waals surface area contributed by atoms with Crippen LogP contribution in [-0.2, 0) is 4.74 Å². The molecule has 0 atom stereocenters. The van der Waals surface area contributed by atoms with Crippen LogP contribution in [0.15, 0.2) is 60.8 Å². The number of hydrogen-bond donors (Lipinski definition) is 4. The number of methoxy groups -OCH3 is 1. The summed E-state index contributed by atoms with van der Waals surface area (Å²) in [6.45, 7) is 0.951. The Morgan fingerprint density at radius 1 is 1.07 bits per heavy atom. The lowest BCUT2D eigenvalue weighted by Gasteiger charge is -2.11. The summed E-state index contributed by atoms with van der Waals surface area (Å²) in [7, 11) is 1.61. The van der Waals surface area contributed by atoms with Crippen LogP contribution in [0.25, 0.3) is 0 Å². The average Bonchev–Trinajstić information content (AvgIpc) is 2.78. The van der Waals surface area contributed by atoms with Gasteiger partial charge in [0, 0.05) is 18.4 Å². The van der Waals surface area contributed by atoms with E-state index in [9.17, 15) is 9.18 Å². The standard InChI is InChI=1S/C20H21FN6O3/c1-29-11-12-30-16-9-7-15(8-10-16)23-20-22-13-17(21)18(24-20)25-27-26-19(28)14-5-3-2-4-6-14/h2-10,13,27H,11-12H2,1H3,(H,26,28)(H2,22,23,24,25). The minimum absolute atomic E-state index is 0.139. The number of hydrogen-bond acceptors (Lipinski definition) is 8. The van der Waals surface area contributed by atoms with Gasteiger partial charge in [-0.3, -0.25) is 15.6 Å². The van der Waals surface area contributed by atoms with Crippen LogP contribution in [0, 0.1) is 5.82 Å². The maximum absolute atomic E-state index is 14.0. The highest BCUT2D eigenvalue weighted by molar-refractivity contribution is 5.93. The highest BCUT2D eigenvalue weighted by Crippen LogP contribution is 2.19. The molecule has 0 saturated carbocycles. The van der Waals surface area contributed by atoms with Crippen LogP contribution in [-0.4, -0.2) is 36.2 Å². The third kappa shape index (κ3) is 6.12. The number of carbonyl (C=O) groups is 1. The predicted molar refractivity (Wildman–Crippen MR) is 110 cm³/mol. The van der Waals surface area contributed by atoms with Crippen molar-refractivity contribution >= 4 is 23.4 Å². The van der Waals surface area contributed by atoms with Crippen molar-refractivity contribution in [1.29, 1.82) is 0 Å². The Morgan fingerprint density at radius 2 is 1.83 bits per heavy atom. The van der Waals surface area contributed by atoms with Gasteiger partial charge in [-0.25, -0.2) is 9.37 Å². The Bertz CT molecular complexity index is 957. The number of rotatable bonds is 10. The first-order chi connectivity index (χ1) is 14.7. The monoisotopic (exact) mass is 412 g/mol. The summed E-state index contributed by atoms with van der Waals surface area (Å²) in [6, 6.07) is 15.7. The van der Waals surface area contributed by atoms with Crippen LogP contribution in [0.1, 0.15) is 10.4 Å². The van der Waals surface area contributed by atoms with Gasteiger partial charge in [0.1, 0.15) is 12.4 Å². The molecule has 0 saturated heterocycles. The molecule has 0 radical (unpaired) electrons. The van der Waals surface area contributed by atoms with Gasteiger partial charge in [-0.1, -0.05) is 18.2 Å². The van der Waals surface area contributed by atoms with E-state index in [1.54, 1.807) is 61.7 Å². The van der Waals surface area contributed by atoms with Gasteiger partial charge in [-0.05, 0) is 36.4 Å². The number of aromatic nitrogens is 2. The molecule has 30 heavy (non-hydrogen) atoms. The van der Waals surface area contributed by atoms with E-state index in [2.05, 4.69) is 31.7 Å². The number of anilines is 3. The fraction of sp³-hybridized carbons (Fsp3) is 0.150. The molecule has 0 fully saturated rings. The van der Waals surface area contributed by atoms with Crippen molar-refractivity contribution < 1.29 is 18.7 Å². The number of ether oxygens (including phenoxy) is 2. The van der Waals surface area contributed by atoms with Gasteiger partial charge in [0.05, 0.1) is 12.8 Å². The molecule has 9 nitrogen and oxygen atoms in total. The molecular formula is C20H21FN6O3. The Balaban J connectivity index is 1.55. The second kappa shape index (κ2) is 10.7. The van der Waals surface area contributed by atoms with Crippen molar-refractivity contribution in [2.75, 3.05) is 31.1 Å². The van der Waals surface area contributed by atoms with E-state index >= 15 is 0 Å². The molecule has 0 unspecified atom stereocenters. The van der Waals surface area contributed by atoms with E-state index < -0.39 is 5.82 Å². The summed E-state index contributed by atoms with van der Waals surface area (Å²) >= 11 is 0. The zero-order chi connectivity index (χ0) is 21.2. The maximum atomic E-state index is 14.0. The highest BCUT2D eigenvalue weighted by atomic mass is 19.1. The molecule has 10 heteroatoms. The minimum atomic E-state index is -0.691. The average molecular weight is 412 g/mol. The number of benzene rings is 2. The molecule has 1 heterocycles. The first-order valence-electron chi connectivity index (χ1n) is 9.03. The summed E-state index contributed by atoms with van der Waals surface area (Å²) in [4.78, 5) is 19.9. The van der Waals surface area contributed by atoms with Crippen molar-refractivity contribution in [3.05, 3.63) is 72.2 Å². The number of nitrogens with zero attached hydrogens (tertiary/aromatic N) is 2. The van der Waals surface area contributed by atoms with Crippen molar-refractivity contribution in [2.24, 2.45) is 0 Å². The first kappa shape index (κ1) is 21.0. The topological polar surface area (TPSA) is 109 Å². The molecular weight excluding hydrogens is 391 g/mol. The zero-order valence-electron chi connectivity index (χ0n) is 16.2. The van der Waals surface area contributed by atoms with Gasteiger partial charge in [0.15, 0.2) is 11.6 Å². The third-order valence-electron chi connectivity index (χ3n) is 3.80. The summed E-state index contributed by atoms with van der Waals surface area (Å²) < 4.78 is 24.4. The molecule has 1 aromatic heterocycles. The van der Waals surface area contributed by atoms with Crippen molar-refractivity contribution in [2.45, 2.75) is 0 Å². The maximum Gasteiger partial charge on any atom is 0.266 e. The Hall–Kier alpha value is -3.76. The second-order valence-electron chi connectivity index (χ2n) is 5.95. The molecule has 0 aliphatic rings. The summed E-state index contributed by atoms with van der Waals surface area (Å²) in [5, 5.41) is 2.97. The molecule has 3 aromatic rings. The first-order valence-corrected chi connectivity index (χ1v) is 9.03. The quantitative estimate of drug-likeness (QED) is 0.297. The normalized spacial score (nSPS) is 10.3. The van der Waals surface area contributed by atoms with E-state index in [4.69, 9.17) is 9.47 Å². The van der Waals surface area contributed by atoms with Gasteiger partial charge < -0.3 is 14.8 Å². The van der Waals surface area contributed by atoms with Gasteiger partial charge in [-0.2, -0.15) is 4.98 Å². The predicted octanol–water partition coefficient (Wildman–Crippen LogP) is 2.65. The molecule has 0 spiro atoms. The summed E-state index contributed by atoms with van der Waals surface area (Å²) in [5.41, 5.74) is 8.47. The lowest BCUT2D eigenvalue weighted by Crippen LogP contribution is -2.41. The number of hydrazine groups is 2.